The molecule has 7 heteroatoms. The minimum absolute atomic E-state index is 0.0491. The molecule has 0 aromatic carbocycles. The van der Waals surface area contributed by atoms with Crippen LogP contribution in [0.25, 0.3) is 0 Å². The maximum Gasteiger partial charge on any atom is 0.408 e. The molecule has 0 rings (SSSR count). The van der Waals surface area contributed by atoms with Crippen molar-refractivity contribution in [3.8, 4) is 0 Å². The number of hydrogen-bond donors (Lipinski definition) is 2. The van der Waals surface area contributed by atoms with Crippen LogP contribution >= 0.6 is 0 Å². The summed E-state index contributed by atoms with van der Waals surface area (Å²) < 4.78 is 11.5. The molecule has 0 aromatic heterocycles. The largest absolute Gasteiger partial charge is 0.444 e. The molecule has 0 fully saturated rings. The van der Waals surface area contributed by atoms with Crippen LogP contribution in [0.2, 0.25) is 18.1 Å². The fourth-order valence-electron chi connectivity index (χ4n) is 2.44. The highest BCUT2D eigenvalue weighted by Crippen LogP contribution is 2.38. The Labute approximate surface area is 172 Å². The maximum absolute atomic E-state index is 13.2. The summed E-state index contributed by atoms with van der Waals surface area (Å²) >= 11 is 0. The molecule has 1 amide bonds. The van der Waals surface area contributed by atoms with Gasteiger partial charge in [-0.1, -0.05) is 34.6 Å². The van der Waals surface area contributed by atoms with Gasteiger partial charge in [-0.05, 0) is 65.1 Å². The molecular weight excluding hydrogens is 374 g/mol. The number of ether oxygens (including phenoxy) is 1. The summed E-state index contributed by atoms with van der Waals surface area (Å²) in [6.07, 6.45) is -0.961. The number of amides is 1. The number of carbonyl (C=O) groups excluding carboxylic acids is 2. The van der Waals surface area contributed by atoms with Crippen LogP contribution in [0, 0.1) is 5.92 Å². The molecule has 0 radical (unpaired) electrons. The Morgan fingerprint density at radius 3 is 1.82 bits per heavy atom. The predicted octanol–water partition coefficient (Wildman–Crippen LogP) is 4.66. The summed E-state index contributed by atoms with van der Waals surface area (Å²) in [6.45, 7) is 22.9. The van der Waals surface area contributed by atoms with Gasteiger partial charge < -0.3 is 19.6 Å². The van der Waals surface area contributed by atoms with Crippen LogP contribution in [0.4, 0.5) is 4.79 Å². The second kappa shape index (κ2) is 9.26. The highest BCUT2D eigenvalue weighted by Gasteiger charge is 2.47. The summed E-state index contributed by atoms with van der Waals surface area (Å²) in [5.74, 6) is -0.311. The van der Waals surface area contributed by atoms with Gasteiger partial charge in [-0.25, -0.2) is 4.79 Å². The Balaban J connectivity index is 5.50. The third-order valence-electron chi connectivity index (χ3n) is 5.28. The first-order chi connectivity index (χ1) is 12.2. The Hall–Kier alpha value is -0.923. The van der Waals surface area contributed by atoms with Gasteiger partial charge in [0.2, 0.25) is 0 Å². The second-order valence-corrected chi connectivity index (χ2v) is 15.6. The van der Waals surface area contributed by atoms with E-state index in [1.54, 1.807) is 27.7 Å². The first-order valence-electron chi connectivity index (χ1n) is 10.1. The summed E-state index contributed by atoms with van der Waals surface area (Å²) in [7, 11) is -2.18. The molecule has 166 valence electrons. The van der Waals surface area contributed by atoms with Crippen LogP contribution < -0.4 is 5.32 Å². The highest BCUT2D eigenvalue weighted by molar-refractivity contribution is 6.74. The zero-order chi connectivity index (χ0) is 22.7. The first kappa shape index (κ1) is 27.1. The summed E-state index contributed by atoms with van der Waals surface area (Å²) in [5.41, 5.74) is -2.40. The first-order valence-corrected chi connectivity index (χ1v) is 13.1. The van der Waals surface area contributed by atoms with Gasteiger partial charge in [-0.3, -0.25) is 4.79 Å². The van der Waals surface area contributed by atoms with Crippen molar-refractivity contribution in [3.05, 3.63) is 0 Å². The van der Waals surface area contributed by atoms with Crippen LogP contribution in [0.5, 0.6) is 0 Å². The third-order valence-corrected chi connectivity index (χ3v) is 9.84. The monoisotopic (exact) mass is 417 g/mol. The number of hydrogen-bond acceptors (Lipinski definition) is 5. The number of aliphatic hydroxyl groups is 1. The van der Waals surface area contributed by atoms with Crippen molar-refractivity contribution in [3.63, 3.8) is 0 Å². The van der Waals surface area contributed by atoms with E-state index in [-0.39, 0.29) is 11.0 Å². The molecule has 0 bridgehead atoms. The number of alkyl carbamates (subject to hydrolysis) is 1. The van der Waals surface area contributed by atoms with Gasteiger partial charge in [0.05, 0.1) is 12.1 Å². The molecule has 28 heavy (non-hydrogen) atoms. The van der Waals surface area contributed by atoms with Crippen molar-refractivity contribution in [2.45, 2.75) is 117 Å². The van der Waals surface area contributed by atoms with E-state index >= 15 is 0 Å². The zero-order valence-electron chi connectivity index (χ0n) is 20.0. The third kappa shape index (κ3) is 8.21. The predicted molar refractivity (Wildman–Crippen MR) is 116 cm³/mol. The molecule has 0 saturated heterocycles. The molecule has 6 nitrogen and oxygen atoms in total. The fraction of sp³-hybridized carbons (Fsp3) is 0.905. The topological polar surface area (TPSA) is 84.9 Å². The summed E-state index contributed by atoms with van der Waals surface area (Å²) in [5, 5.41) is 13.7. The molecular formula is C21H43NO5Si. The minimum atomic E-state index is -2.18. The maximum atomic E-state index is 13.2. The highest BCUT2D eigenvalue weighted by atomic mass is 28.4. The molecule has 2 N–H and O–H groups in total. The number of nitrogens with one attached hydrogen (secondary N) is 1. The molecule has 0 aliphatic rings. The average Bonchev–Trinajstić information content (AvgIpc) is 2.41. The van der Waals surface area contributed by atoms with Gasteiger partial charge in [-0.2, -0.15) is 0 Å². The molecule has 0 spiro atoms. The average molecular weight is 418 g/mol. The van der Waals surface area contributed by atoms with E-state index in [1.807, 2.05) is 13.8 Å². The van der Waals surface area contributed by atoms with Crippen LogP contribution in [0.3, 0.4) is 0 Å². The molecule has 0 saturated carbocycles. The van der Waals surface area contributed by atoms with Gasteiger partial charge in [-0.15, -0.1) is 0 Å². The number of carbonyl (C=O) groups is 2. The van der Waals surface area contributed by atoms with Gasteiger partial charge in [0.25, 0.3) is 0 Å². The van der Waals surface area contributed by atoms with Crippen molar-refractivity contribution < 1.29 is 23.9 Å². The van der Waals surface area contributed by atoms with E-state index in [1.165, 1.54) is 6.92 Å². The molecule has 0 aliphatic heterocycles. The second-order valence-electron chi connectivity index (χ2n) is 10.9. The van der Waals surface area contributed by atoms with Crippen LogP contribution in [-0.2, 0) is 14.0 Å². The molecule has 0 heterocycles. The van der Waals surface area contributed by atoms with Gasteiger partial charge in [0.1, 0.15) is 11.2 Å². The lowest BCUT2D eigenvalue weighted by Gasteiger charge is -2.42. The van der Waals surface area contributed by atoms with E-state index in [9.17, 15) is 14.7 Å². The van der Waals surface area contributed by atoms with Crippen LogP contribution in [0.15, 0.2) is 0 Å². The summed E-state index contributed by atoms with van der Waals surface area (Å²) in [6, 6.07) is -0.852. The SMILES string of the molecule is CC(C)C[C@@H](NC(=O)OC(C)(C)C)C(=O)[C@](C)(O)[C@H](C)O[Si](C)(C)C(C)(C)C. The number of ketones is 1. The molecule has 3 atom stereocenters. The normalized spacial score (nSPS) is 17.6. The van der Waals surface area contributed by atoms with Crippen molar-refractivity contribution in [1.82, 2.24) is 5.32 Å². The number of rotatable bonds is 8. The quantitative estimate of drug-likeness (QED) is 0.561. The van der Waals surface area contributed by atoms with Gasteiger partial charge >= 0.3 is 6.09 Å². The Kier molecular flexibility index (Phi) is 8.96. The van der Waals surface area contributed by atoms with E-state index in [0.29, 0.717) is 6.42 Å². The Bertz CT molecular complexity index is 544. The zero-order valence-corrected chi connectivity index (χ0v) is 21.0. The molecule has 0 aromatic rings. The standard InChI is InChI=1S/C21H43NO5Si/c1-14(2)13-16(22-18(24)26-19(4,5)6)17(23)21(10,25)15(3)27-28(11,12)20(7,8)9/h14-16,25H,13H2,1-12H3,(H,22,24)/t15-,16+,21+/m0/s1. The minimum Gasteiger partial charge on any atom is -0.444 e. The Morgan fingerprint density at radius 1 is 1.00 bits per heavy atom. The Morgan fingerprint density at radius 2 is 1.46 bits per heavy atom. The van der Waals surface area contributed by atoms with Crippen LogP contribution in [-0.4, -0.2) is 48.6 Å². The van der Waals surface area contributed by atoms with Gasteiger partial charge in [0.15, 0.2) is 14.1 Å². The van der Waals surface area contributed by atoms with Crippen molar-refractivity contribution in [2.75, 3.05) is 0 Å². The summed E-state index contributed by atoms with van der Waals surface area (Å²) in [4.78, 5) is 25.4. The van der Waals surface area contributed by atoms with E-state index in [2.05, 4.69) is 39.2 Å². The van der Waals surface area contributed by atoms with Crippen molar-refractivity contribution in [2.24, 2.45) is 5.92 Å². The van der Waals surface area contributed by atoms with Crippen molar-refractivity contribution >= 4 is 20.2 Å². The molecule has 0 aliphatic carbocycles. The smallest absolute Gasteiger partial charge is 0.408 e. The van der Waals surface area contributed by atoms with Crippen LogP contribution in [0.1, 0.15) is 75.7 Å². The molecule has 0 unspecified atom stereocenters. The van der Waals surface area contributed by atoms with E-state index in [4.69, 9.17) is 9.16 Å². The van der Waals surface area contributed by atoms with E-state index in [0.717, 1.165) is 0 Å². The van der Waals surface area contributed by atoms with Gasteiger partial charge in [0, 0.05) is 0 Å². The van der Waals surface area contributed by atoms with Crippen molar-refractivity contribution in [1.29, 1.82) is 0 Å². The fourth-order valence-corrected chi connectivity index (χ4v) is 3.91. The lowest BCUT2D eigenvalue weighted by Crippen LogP contribution is -2.59. The lowest BCUT2D eigenvalue weighted by atomic mass is 9.87. The lowest BCUT2D eigenvalue weighted by molar-refractivity contribution is -0.147. The number of Topliss-reactive ketones (excluding diaryl/α,β-unsaturated/α-hetero) is 1. The van der Waals surface area contributed by atoms with E-state index < -0.39 is 43.5 Å².